The molecule has 0 unspecified atom stereocenters. The molecule has 4 N–H and O–H groups in total. The largest absolute Gasteiger partial charge is 0.465 e. The van der Waals surface area contributed by atoms with Crippen LogP contribution in [0.3, 0.4) is 0 Å². The van der Waals surface area contributed by atoms with Gasteiger partial charge in [-0.1, -0.05) is 11.6 Å². The van der Waals surface area contributed by atoms with Crippen LogP contribution in [0.1, 0.15) is 61.3 Å². The molecule has 0 saturated heterocycles. The van der Waals surface area contributed by atoms with Crippen molar-refractivity contribution in [1.29, 1.82) is 0 Å². The summed E-state index contributed by atoms with van der Waals surface area (Å²) in [4.78, 5) is 89.4. The van der Waals surface area contributed by atoms with Gasteiger partial charge in [-0.15, -0.1) is 0 Å². The lowest BCUT2D eigenvalue weighted by Gasteiger charge is -2.40. The molecular weight excluding hydrogens is 642 g/mol. The van der Waals surface area contributed by atoms with Crippen LogP contribution in [-0.2, 0) is 38.2 Å². The first-order valence-electron chi connectivity index (χ1n) is 16.1. The summed E-state index contributed by atoms with van der Waals surface area (Å²) >= 11 is 0. The van der Waals surface area contributed by atoms with Crippen LogP contribution < -0.4 is 16.0 Å². The minimum atomic E-state index is -1.62. The van der Waals surface area contributed by atoms with Crippen LogP contribution >= 0.6 is 0 Å². The number of carbonyl (C=O) groups is 7. The molecule has 3 aliphatic rings. The number of nitrogens with one attached hydrogen (secondary N) is 3. The van der Waals surface area contributed by atoms with Crippen molar-refractivity contribution in [2.24, 2.45) is 10.8 Å². The summed E-state index contributed by atoms with van der Waals surface area (Å²) in [5.41, 5.74) is -2.65. The number of carbonyl (C=O) groups excluding carboxylic acids is 7. The Labute approximate surface area is 285 Å². The SMILES string of the molecule is CC(=O)OC[C@]1(C)C=C2C(=O)[C@](C)(O)C3(CC3)C(C)=C2[C@@H]1OC(=O)N(C)CCN(C)C(=O)CNC(=O)CNC(=O)CNC(=O)OC(C)(C)C. The summed E-state index contributed by atoms with van der Waals surface area (Å²) in [5.74, 6) is -2.72. The number of hydrogen-bond acceptors (Lipinski definition) is 11. The van der Waals surface area contributed by atoms with Gasteiger partial charge in [0.2, 0.25) is 17.7 Å². The molecule has 3 aliphatic carbocycles. The molecule has 0 radical (unpaired) electrons. The van der Waals surface area contributed by atoms with Crippen molar-refractivity contribution >= 4 is 41.7 Å². The van der Waals surface area contributed by atoms with E-state index in [1.165, 1.54) is 37.7 Å². The number of rotatable bonds is 12. The Hall–Kier alpha value is -4.47. The third kappa shape index (κ3) is 8.96. The van der Waals surface area contributed by atoms with Gasteiger partial charge in [-0.2, -0.15) is 0 Å². The Balaban J connectivity index is 1.52. The van der Waals surface area contributed by atoms with Crippen LogP contribution in [-0.4, -0.2) is 127 Å². The zero-order valence-corrected chi connectivity index (χ0v) is 29.7. The molecule has 272 valence electrons. The van der Waals surface area contributed by atoms with Crippen molar-refractivity contribution in [3.05, 3.63) is 22.8 Å². The van der Waals surface area contributed by atoms with Gasteiger partial charge in [0.15, 0.2) is 5.78 Å². The summed E-state index contributed by atoms with van der Waals surface area (Å²) in [7, 11) is 2.97. The van der Waals surface area contributed by atoms with E-state index in [9.17, 15) is 38.7 Å². The first-order chi connectivity index (χ1) is 22.5. The van der Waals surface area contributed by atoms with E-state index in [1.807, 2.05) is 6.92 Å². The van der Waals surface area contributed by atoms with E-state index in [1.54, 1.807) is 33.8 Å². The van der Waals surface area contributed by atoms with E-state index in [4.69, 9.17) is 14.2 Å². The van der Waals surface area contributed by atoms with Gasteiger partial charge in [-0.3, -0.25) is 24.0 Å². The minimum absolute atomic E-state index is 0.0546. The van der Waals surface area contributed by atoms with Crippen LogP contribution in [0.4, 0.5) is 9.59 Å². The predicted octanol–water partition coefficient (Wildman–Crippen LogP) is 0.579. The second kappa shape index (κ2) is 14.6. The highest BCUT2D eigenvalue weighted by atomic mass is 16.6. The number of esters is 1. The maximum absolute atomic E-state index is 13.5. The number of nitrogens with zero attached hydrogens (tertiary/aromatic N) is 2. The molecular formula is C33H49N5O11. The van der Waals surface area contributed by atoms with Gasteiger partial charge >= 0.3 is 18.2 Å². The fourth-order valence-corrected chi connectivity index (χ4v) is 5.98. The molecule has 1 fully saturated rings. The number of alkyl carbamates (subject to hydrolysis) is 1. The fraction of sp³-hybridized carbons (Fsp3) is 0.667. The highest BCUT2D eigenvalue weighted by Crippen LogP contribution is 2.65. The van der Waals surface area contributed by atoms with Gasteiger partial charge in [0.1, 0.15) is 30.5 Å². The van der Waals surface area contributed by atoms with E-state index < -0.39 is 82.9 Å². The van der Waals surface area contributed by atoms with Crippen molar-refractivity contribution < 1.29 is 52.9 Å². The van der Waals surface area contributed by atoms with Crippen LogP contribution in [0.25, 0.3) is 0 Å². The van der Waals surface area contributed by atoms with Crippen molar-refractivity contribution in [2.75, 3.05) is 53.4 Å². The highest BCUT2D eigenvalue weighted by molar-refractivity contribution is 6.09. The molecule has 0 bridgehead atoms. The van der Waals surface area contributed by atoms with E-state index in [0.29, 0.717) is 18.4 Å². The molecule has 0 aromatic heterocycles. The maximum atomic E-state index is 13.5. The second-order valence-corrected chi connectivity index (χ2v) is 14.3. The van der Waals surface area contributed by atoms with Gasteiger partial charge < -0.3 is 45.1 Å². The van der Waals surface area contributed by atoms with Crippen molar-refractivity contribution in [3.63, 3.8) is 0 Å². The molecule has 0 aliphatic heterocycles. The monoisotopic (exact) mass is 691 g/mol. The molecule has 1 spiro atoms. The smallest absolute Gasteiger partial charge is 0.410 e. The number of Topliss-reactive ketones (excluding diaryl/α,β-unsaturated/α-hetero) is 1. The van der Waals surface area contributed by atoms with Gasteiger partial charge in [-0.05, 0) is 54.4 Å². The maximum Gasteiger partial charge on any atom is 0.410 e. The Bertz CT molecular complexity index is 1460. The number of fused-ring (bicyclic) bond motifs is 1. The molecule has 49 heavy (non-hydrogen) atoms. The highest BCUT2D eigenvalue weighted by Gasteiger charge is 2.67. The van der Waals surface area contributed by atoms with Gasteiger partial charge in [0, 0.05) is 50.7 Å². The number of aliphatic hydroxyl groups is 1. The van der Waals surface area contributed by atoms with Crippen molar-refractivity contribution in [1.82, 2.24) is 25.8 Å². The van der Waals surface area contributed by atoms with E-state index in [2.05, 4.69) is 16.0 Å². The van der Waals surface area contributed by atoms with Gasteiger partial charge in [0.25, 0.3) is 0 Å². The quantitative estimate of drug-likeness (QED) is 0.164. The number of ketones is 1. The standard InChI is InChI=1S/C33H49N5O11/c1-19-25-21(26(43)32(7,46)33(19)10-11-33)14-31(6,18-47-20(2)39)27(25)48-29(45)38(9)13-12-37(8)24(42)17-35-22(40)15-34-23(41)16-36-28(44)49-30(3,4)5/h14,27,46H,10-13,15-18H2,1-9H3,(H,34,41)(H,35,40)(H,36,44)/t27-,31-,32-/m0/s1. The average Bonchev–Trinajstić information content (AvgIpc) is 3.77. The second-order valence-electron chi connectivity index (χ2n) is 14.3. The van der Waals surface area contributed by atoms with Gasteiger partial charge in [0.05, 0.1) is 18.5 Å². The van der Waals surface area contributed by atoms with Crippen molar-refractivity contribution in [2.45, 2.75) is 78.6 Å². The van der Waals surface area contributed by atoms with Crippen LogP contribution in [0.2, 0.25) is 0 Å². The third-order valence-corrected chi connectivity index (χ3v) is 9.10. The molecule has 0 aromatic carbocycles. The van der Waals surface area contributed by atoms with Crippen molar-refractivity contribution in [3.8, 4) is 0 Å². The van der Waals surface area contributed by atoms with E-state index >= 15 is 0 Å². The first-order valence-corrected chi connectivity index (χ1v) is 16.1. The summed E-state index contributed by atoms with van der Waals surface area (Å²) in [6.07, 6.45) is 0.340. The third-order valence-electron chi connectivity index (χ3n) is 9.10. The molecule has 3 rings (SSSR count). The van der Waals surface area contributed by atoms with Gasteiger partial charge in [-0.25, -0.2) is 9.59 Å². The molecule has 1 saturated carbocycles. The minimum Gasteiger partial charge on any atom is -0.465 e. The Morgan fingerprint density at radius 2 is 1.49 bits per heavy atom. The zero-order chi connectivity index (χ0) is 37.1. The summed E-state index contributed by atoms with van der Waals surface area (Å²) in [5, 5.41) is 18.2. The number of amides is 5. The van der Waals surface area contributed by atoms with Crippen LogP contribution in [0.15, 0.2) is 22.8 Å². The lowest BCUT2D eigenvalue weighted by Crippen LogP contribution is -2.50. The molecule has 0 aromatic rings. The Kier molecular flexibility index (Phi) is 11.6. The predicted molar refractivity (Wildman–Crippen MR) is 174 cm³/mol. The first kappa shape index (κ1) is 39.0. The Morgan fingerprint density at radius 3 is 2.04 bits per heavy atom. The molecule has 16 nitrogen and oxygen atoms in total. The fourth-order valence-electron chi connectivity index (χ4n) is 5.98. The zero-order valence-electron chi connectivity index (χ0n) is 29.7. The van der Waals surface area contributed by atoms with Crippen LogP contribution in [0.5, 0.6) is 0 Å². The van der Waals surface area contributed by atoms with E-state index in [-0.39, 0.29) is 31.8 Å². The molecule has 0 heterocycles. The normalized spacial score (nSPS) is 23.5. The number of ether oxygens (including phenoxy) is 3. The van der Waals surface area contributed by atoms with Crippen LogP contribution in [0, 0.1) is 10.8 Å². The lowest BCUT2D eigenvalue weighted by molar-refractivity contribution is -0.145. The summed E-state index contributed by atoms with van der Waals surface area (Å²) in [6.45, 7) is 10.1. The lowest BCUT2D eigenvalue weighted by atomic mass is 9.67. The number of hydrogen-bond donors (Lipinski definition) is 4. The molecule has 16 heteroatoms. The topological polar surface area (TPSA) is 210 Å². The Morgan fingerprint density at radius 1 is 0.939 bits per heavy atom. The molecule has 3 atom stereocenters. The van der Waals surface area contributed by atoms with E-state index in [0.717, 1.165) is 5.57 Å². The number of likely N-dealkylation sites (N-methyl/N-ethyl adjacent to an activating group) is 2. The summed E-state index contributed by atoms with van der Waals surface area (Å²) in [6, 6.07) is 0. The summed E-state index contributed by atoms with van der Waals surface area (Å²) < 4.78 is 16.3. The molecule has 5 amide bonds. The average molecular weight is 692 g/mol.